The van der Waals surface area contributed by atoms with Gasteiger partial charge >= 0.3 is 0 Å². The van der Waals surface area contributed by atoms with E-state index in [2.05, 4.69) is 26.0 Å². The average molecular weight is 389 g/mol. The predicted octanol–water partition coefficient (Wildman–Crippen LogP) is 1.66. The van der Waals surface area contributed by atoms with E-state index in [4.69, 9.17) is 4.52 Å². The third-order valence-corrected chi connectivity index (χ3v) is 5.00. The molecular weight excluding hydrogens is 362 g/mol. The molecule has 0 aliphatic heterocycles. The fourth-order valence-corrected chi connectivity index (χ4v) is 3.44. The number of hydrogen-bond acceptors (Lipinski definition) is 6. The van der Waals surface area contributed by atoms with Gasteiger partial charge in [0.15, 0.2) is 5.82 Å². The van der Waals surface area contributed by atoms with E-state index in [-0.39, 0.29) is 36.1 Å². The van der Waals surface area contributed by atoms with Crippen molar-refractivity contribution < 1.29 is 19.2 Å². The number of rotatable bonds is 7. The van der Waals surface area contributed by atoms with E-state index >= 15 is 0 Å². The number of aromatic nitrogens is 3. The number of aliphatic hydroxyl groups excluding tert-OH is 1. The van der Waals surface area contributed by atoms with Gasteiger partial charge in [-0.05, 0) is 32.1 Å². The Labute approximate surface area is 163 Å². The summed E-state index contributed by atoms with van der Waals surface area (Å²) >= 11 is 0. The Bertz CT molecular complexity index is 828. The summed E-state index contributed by atoms with van der Waals surface area (Å²) < 4.78 is 5.04. The zero-order valence-electron chi connectivity index (χ0n) is 16.4. The first-order valence-electron chi connectivity index (χ1n) is 9.57. The lowest BCUT2D eigenvalue weighted by Gasteiger charge is -2.18. The Kier molecular flexibility index (Phi) is 6.13. The van der Waals surface area contributed by atoms with Gasteiger partial charge < -0.3 is 20.3 Å². The second kappa shape index (κ2) is 8.55. The maximum atomic E-state index is 12.1. The number of anilines is 1. The van der Waals surface area contributed by atoms with Crippen LogP contribution in [0.5, 0.6) is 0 Å². The number of hydrogen-bond donors (Lipinski definition) is 4. The zero-order valence-corrected chi connectivity index (χ0v) is 16.4. The highest BCUT2D eigenvalue weighted by Crippen LogP contribution is 2.34. The molecule has 152 valence electrons. The molecule has 1 saturated carbocycles. The molecule has 4 N–H and O–H groups in total. The van der Waals surface area contributed by atoms with Crippen LogP contribution in [-0.4, -0.2) is 44.4 Å². The van der Waals surface area contributed by atoms with Crippen LogP contribution in [0.25, 0.3) is 0 Å². The molecule has 1 fully saturated rings. The molecule has 2 heterocycles. The van der Waals surface area contributed by atoms with Crippen molar-refractivity contribution in [1.29, 1.82) is 0 Å². The van der Waals surface area contributed by atoms with E-state index in [0.717, 1.165) is 30.7 Å². The van der Waals surface area contributed by atoms with Crippen LogP contribution >= 0.6 is 0 Å². The molecule has 0 bridgehead atoms. The number of amides is 2. The highest BCUT2D eigenvalue weighted by molar-refractivity contribution is 5.91. The van der Waals surface area contributed by atoms with Crippen LogP contribution < -0.4 is 10.6 Å². The lowest BCUT2D eigenvalue weighted by molar-refractivity contribution is -0.132. The van der Waals surface area contributed by atoms with E-state index in [0.29, 0.717) is 11.6 Å². The molecule has 1 aliphatic rings. The molecule has 2 aromatic rings. The van der Waals surface area contributed by atoms with Gasteiger partial charge in [-0.15, -0.1) is 0 Å². The minimum atomic E-state index is -0.985. The number of carbonyl (C=O) groups excluding carboxylic acids is 2. The second-order valence-electron chi connectivity index (χ2n) is 7.77. The van der Waals surface area contributed by atoms with Crippen molar-refractivity contribution in [3.8, 4) is 0 Å². The molecule has 0 radical (unpaired) electrons. The standard InChI is InChI=1S/C19H27N5O4/c1-10(2)18(26)19(27)20-13-5-4-12(7-13)15-9-16(23-22-15)21-17(25)8-14-6-11(3)24-28-14/h6,9-10,12-13,18,26H,4-5,7-8H2,1-3H3,(H,20,27)(H2,21,22,23,25)/t12-,13+,18-/m1/s1. The molecule has 0 spiro atoms. The summed E-state index contributed by atoms with van der Waals surface area (Å²) in [7, 11) is 0. The summed E-state index contributed by atoms with van der Waals surface area (Å²) in [6.45, 7) is 5.42. The van der Waals surface area contributed by atoms with Gasteiger partial charge in [0.1, 0.15) is 11.9 Å². The van der Waals surface area contributed by atoms with Crippen LogP contribution in [0.15, 0.2) is 16.7 Å². The average Bonchev–Trinajstić information content (AvgIpc) is 3.36. The van der Waals surface area contributed by atoms with Gasteiger partial charge in [-0.25, -0.2) is 0 Å². The van der Waals surface area contributed by atoms with Crippen molar-refractivity contribution in [3.05, 3.63) is 29.3 Å². The number of aromatic amines is 1. The number of aryl methyl sites for hydroxylation is 1. The minimum Gasteiger partial charge on any atom is -0.383 e. The van der Waals surface area contributed by atoms with E-state index in [1.165, 1.54) is 0 Å². The Hall–Kier alpha value is -2.68. The van der Waals surface area contributed by atoms with Crippen molar-refractivity contribution in [2.75, 3.05) is 5.32 Å². The molecule has 9 nitrogen and oxygen atoms in total. The van der Waals surface area contributed by atoms with Crippen LogP contribution in [0.2, 0.25) is 0 Å². The maximum Gasteiger partial charge on any atom is 0.249 e. The van der Waals surface area contributed by atoms with Crippen molar-refractivity contribution in [3.63, 3.8) is 0 Å². The Morgan fingerprint density at radius 1 is 1.36 bits per heavy atom. The van der Waals surface area contributed by atoms with Gasteiger partial charge in [-0.1, -0.05) is 19.0 Å². The van der Waals surface area contributed by atoms with Gasteiger partial charge in [0, 0.05) is 29.8 Å². The lowest BCUT2D eigenvalue weighted by atomic mass is 10.0. The Balaban J connectivity index is 1.50. The molecule has 2 amide bonds. The Morgan fingerprint density at radius 2 is 2.14 bits per heavy atom. The molecule has 2 aromatic heterocycles. The summed E-state index contributed by atoms with van der Waals surface area (Å²) in [6, 6.07) is 3.57. The molecular formula is C19H27N5O4. The maximum absolute atomic E-state index is 12.1. The molecule has 28 heavy (non-hydrogen) atoms. The first-order chi connectivity index (χ1) is 13.3. The van der Waals surface area contributed by atoms with Crippen molar-refractivity contribution in [1.82, 2.24) is 20.7 Å². The normalized spacial score (nSPS) is 20.3. The lowest BCUT2D eigenvalue weighted by Crippen LogP contribution is -2.42. The van der Waals surface area contributed by atoms with Crippen LogP contribution in [0.4, 0.5) is 5.82 Å². The third kappa shape index (κ3) is 4.98. The quantitative estimate of drug-likeness (QED) is 0.569. The van der Waals surface area contributed by atoms with Crippen LogP contribution in [0, 0.1) is 12.8 Å². The monoisotopic (exact) mass is 389 g/mol. The molecule has 1 aliphatic carbocycles. The van der Waals surface area contributed by atoms with E-state index < -0.39 is 6.10 Å². The van der Waals surface area contributed by atoms with E-state index in [1.807, 2.05) is 19.9 Å². The van der Waals surface area contributed by atoms with Crippen LogP contribution in [0.1, 0.15) is 56.2 Å². The second-order valence-corrected chi connectivity index (χ2v) is 7.77. The number of aliphatic hydroxyl groups is 1. The zero-order chi connectivity index (χ0) is 20.3. The molecule has 0 unspecified atom stereocenters. The number of H-pyrrole nitrogens is 1. The molecule has 0 aromatic carbocycles. The fourth-order valence-electron chi connectivity index (χ4n) is 3.44. The van der Waals surface area contributed by atoms with Crippen molar-refractivity contribution >= 4 is 17.6 Å². The summed E-state index contributed by atoms with van der Waals surface area (Å²) in [6.07, 6.45) is 1.62. The van der Waals surface area contributed by atoms with Crippen molar-refractivity contribution in [2.24, 2.45) is 5.92 Å². The van der Waals surface area contributed by atoms with Crippen molar-refractivity contribution in [2.45, 2.75) is 64.5 Å². The first kappa shape index (κ1) is 20.1. The number of nitrogens with zero attached hydrogens (tertiary/aromatic N) is 2. The highest BCUT2D eigenvalue weighted by atomic mass is 16.5. The summed E-state index contributed by atoms with van der Waals surface area (Å²) in [5.41, 5.74) is 1.65. The molecule has 3 atom stereocenters. The fraction of sp³-hybridized carbons (Fsp3) is 0.579. The summed E-state index contributed by atoms with van der Waals surface area (Å²) in [5, 5.41) is 26.4. The summed E-state index contributed by atoms with van der Waals surface area (Å²) in [5.74, 6) is 0.519. The number of carbonyl (C=O) groups is 2. The van der Waals surface area contributed by atoms with E-state index in [9.17, 15) is 14.7 Å². The molecule has 3 rings (SSSR count). The SMILES string of the molecule is Cc1cc(CC(=O)Nc2cc([C@@H]3CC[C@H](NC(=O)[C@H](O)C(C)C)C3)[nH]n2)on1. The largest absolute Gasteiger partial charge is 0.383 e. The highest BCUT2D eigenvalue weighted by Gasteiger charge is 2.30. The number of nitrogens with one attached hydrogen (secondary N) is 3. The minimum absolute atomic E-state index is 0.0296. The van der Waals surface area contributed by atoms with Gasteiger partial charge in [0.05, 0.1) is 12.1 Å². The van der Waals surface area contributed by atoms with Crippen LogP contribution in [0.3, 0.4) is 0 Å². The predicted molar refractivity (Wildman–Crippen MR) is 102 cm³/mol. The molecule has 0 saturated heterocycles. The Morgan fingerprint density at radius 3 is 2.82 bits per heavy atom. The smallest absolute Gasteiger partial charge is 0.249 e. The van der Waals surface area contributed by atoms with Crippen LogP contribution in [-0.2, 0) is 16.0 Å². The molecule has 9 heteroatoms. The van der Waals surface area contributed by atoms with Gasteiger partial charge in [0.25, 0.3) is 0 Å². The van der Waals surface area contributed by atoms with E-state index in [1.54, 1.807) is 13.0 Å². The first-order valence-corrected chi connectivity index (χ1v) is 9.57. The van der Waals surface area contributed by atoms with Gasteiger partial charge in [-0.2, -0.15) is 5.10 Å². The summed E-state index contributed by atoms with van der Waals surface area (Å²) in [4.78, 5) is 24.1. The van der Waals surface area contributed by atoms with Gasteiger partial charge in [0.2, 0.25) is 11.8 Å². The van der Waals surface area contributed by atoms with Gasteiger partial charge in [-0.3, -0.25) is 14.7 Å². The third-order valence-electron chi connectivity index (χ3n) is 5.00. The topological polar surface area (TPSA) is 133 Å².